The first-order valence-corrected chi connectivity index (χ1v) is 4.96. The molecule has 0 fully saturated rings. The van der Waals surface area contributed by atoms with Gasteiger partial charge < -0.3 is 5.11 Å². The summed E-state index contributed by atoms with van der Waals surface area (Å²) >= 11 is 0. The first-order valence-electron chi connectivity index (χ1n) is 4.96. The summed E-state index contributed by atoms with van der Waals surface area (Å²) in [6.45, 7) is 0.210. The number of benzene rings is 1. The number of hydrogen-bond donors (Lipinski definition) is 2. The molecule has 0 radical (unpaired) electrons. The van der Waals surface area contributed by atoms with Crippen LogP contribution in [0, 0.1) is 5.82 Å². The van der Waals surface area contributed by atoms with E-state index < -0.39 is 23.5 Å². The van der Waals surface area contributed by atoms with E-state index in [0.717, 1.165) is 12.1 Å². The molecule has 1 atom stereocenters. The minimum Gasteiger partial charge on any atom is -0.480 e. The molecule has 1 aromatic carbocycles. The fourth-order valence-electron chi connectivity index (χ4n) is 1.18. The van der Waals surface area contributed by atoms with Gasteiger partial charge in [-0.05, 0) is 24.6 Å². The third-order valence-corrected chi connectivity index (χ3v) is 2.55. The van der Waals surface area contributed by atoms with Gasteiger partial charge in [0.25, 0.3) is 0 Å². The quantitative estimate of drug-likeness (QED) is 0.821. The number of aliphatic carboxylic acids is 1. The highest BCUT2D eigenvalue weighted by molar-refractivity contribution is 5.79. The molecule has 100 valence electrons. The van der Waals surface area contributed by atoms with Crippen LogP contribution < -0.4 is 5.32 Å². The van der Waals surface area contributed by atoms with Gasteiger partial charge in [-0.1, -0.05) is 12.1 Å². The molecule has 0 aromatic heterocycles. The Morgan fingerprint density at radius 3 is 2.17 bits per heavy atom. The van der Waals surface area contributed by atoms with E-state index in [1.54, 1.807) is 0 Å². The zero-order valence-corrected chi connectivity index (χ0v) is 9.38. The van der Waals surface area contributed by atoms with Crippen LogP contribution in [0.4, 0.5) is 17.6 Å². The van der Waals surface area contributed by atoms with E-state index in [1.165, 1.54) is 12.1 Å². The van der Waals surface area contributed by atoms with Crippen LogP contribution in [0.15, 0.2) is 24.3 Å². The van der Waals surface area contributed by atoms with Crippen LogP contribution in [-0.2, 0) is 11.3 Å². The van der Waals surface area contributed by atoms with Crippen molar-refractivity contribution in [3.05, 3.63) is 35.6 Å². The lowest BCUT2D eigenvalue weighted by Crippen LogP contribution is -2.59. The molecule has 1 aromatic rings. The summed E-state index contributed by atoms with van der Waals surface area (Å²) in [5.41, 5.74) is -2.69. The second-order valence-corrected chi connectivity index (χ2v) is 3.91. The van der Waals surface area contributed by atoms with Gasteiger partial charge in [0.1, 0.15) is 5.82 Å². The van der Waals surface area contributed by atoms with Gasteiger partial charge in [0.05, 0.1) is 0 Å². The zero-order valence-electron chi connectivity index (χ0n) is 9.38. The number of alkyl halides is 3. The first-order chi connectivity index (χ1) is 8.17. The Morgan fingerprint density at radius 1 is 1.28 bits per heavy atom. The molecule has 0 aliphatic rings. The van der Waals surface area contributed by atoms with E-state index >= 15 is 0 Å². The summed E-state index contributed by atoms with van der Waals surface area (Å²) in [6, 6.07) is 4.73. The summed E-state index contributed by atoms with van der Waals surface area (Å²) in [4.78, 5) is 10.7. The molecule has 0 bridgehead atoms. The van der Waals surface area contributed by atoms with E-state index in [2.05, 4.69) is 0 Å². The number of hydrogen-bond acceptors (Lipinski definition) is 2. The third-order valence-electron chi connectivity index (χ3n) is 2.55. The molecule has 0 saturated carbocycles. The molecule has 1 unspecified atom stereocenters. The van der Waals surface area contributed by atoms with E-state index in [1.807, 2.05) is 5.32 Å². The first kappa shape index (κ1) is 14.4. The van der Waals surface area contributed by atoms with Crippen molar-refractivity contribution in [2.24, 2.45) is 0 Å². The van der Waals surface area contributed by atoms with Crippen LogP contribution in [0.1, 0.15) is 12.5 Å². The lowest BCUT2D eigenvalue weighted by atomic mass is 10.0. The maximum atomic E-state index is 12.6. The van der Waals surface area contributed by atoms with Gasteiger partial charge in [0.2, 0.25) is 5.54 Å². The average molecular weight is 265 g/mol. The maximum Gasteiger partial charge on any atom is 0.417 e. The molecule has 0 aliphatic heterocycles. The summed E-state index contributed by atoms with van der Waals surface area (Å²) in [5, 5.41) is 10.6. The minimum atomic E-state index is -4.93. The van der Waals surface area contributed by atoms with E-state index in [0.29, 0.717) is 12.5 Å². The van der Waals surface area contributed by atoms with Crippen LogP contribution in [0.5, 0.6) is 0 Å². The maximum absolute atomic E-state index is 12.6. The molecule has 0 amide bonds. The van der Waals surface area contributed by atoms with E-state index in [9.17, 15) is 22.4 Å². The van der Waals surface area contributed by atoms with Crippen LogP contribution in [0.25, 0.3) is 0 Å². The Bertz CT molecular complexity index is 430. The second kappa shape index (κ2) is 4.93. The molecule has 2 N–H and O–H groups in total. The molecule has 0 aliphatic carbocycles. The topological polar surface area (TPSA) is 49.3 Å². The number of rotatable bonds is 4. The molecular formula is C11H11F4NO2. The Kier molecular flexibility index (Phi) is 3.95. The van der Waals surface area contributed by atoms with Gasteiger partial charge in [0, 0.05) is 6.54 Å². The van der Waals surface area contributed by atoms with Crippen molar-refractivity contribution in [1.82, 2.24) is 5.32 Å². The predicted octanol–water partition coefficient (Wildman–Crippen LogP) is 2.32. The number of nitrogens with one attached hydrogen (secondary N) is 1. The van der Waals surface area contributed by atoms with Crippen molar-refractivity contribution in [2.75, 3.05) is 0 Å². The molecule has 0 spiro atoms. The molecule has 0 saturated heterocycles. The standard InChI is InChI=1S/C11H11F4NO2/c1-10(9(17)18,11(13,14)15)16-6-7-2-4-8(12)5-3-7/h2-5,16H,6H2,1H3,(H,17,18). The summed E-state index contributed by atoms with van der Waals surface area (Å²) < 4.78 is 50.4. The summed E-state index contributed by atoms with van der Waals surface area (Å²) in [7, 11) is 0. The highest BCUT2D eigenvalue weighted by atomic mass is 19.4. The Balaban J connectivity index is 2.81. The van der Waals surface area contributed by atoms with Crippen molar-refractivity contribution in [2.45, 2.75) is 25.2 Å². The van der Waals surface area contributed by atoms with Crippen molar-refractivity contribution >= 4 is 5.97 Å². The lowest BCUT2D eigenvalue weighted by molar-refractivity contribution is -0.206. The highest BCUT2D eigenvalue weighted by Crippen LogP contribution is 2.30. The fraction of sp³-hybridized carbons (Fsp3) is 0.364. The second-order valence-electron chi connectivity index (χ2n) is 3.91. The van der Waals surface area contributed by atoms with Gasteiger partial charge in [-0.2, -0.15) is 13.2 Å². The average Bonchev–Trinajstić information content (AvgIpc) is 2.26. The predicted molar refractivity (Wildman–Crippen MR) is 55.3 cm³/mol. The van der Waals surface area contributed by atoms with Crippen molar-refractivity contribution < 1.29 is 27.5 Å². The molecule has 18 heavy (non-hydrogen) atoms. The normalized spacial score (nSPS) is 15.2. The number of carboxylic acids is 1. The largest absolute Gasteiger partial charge is 0.480 e. The molecular weight excluding hydrogens is 254 g/mol. The van der Waals surface area contributed by atoms with Crippen LogP contribution >= 0.6 is 0 Å². The SMILES string of the molecule is CC(NCc1ccc(F)cc1)(C(=O)O)C(F)(F)F. The molecule has 1 rings (SSSR count). The van der Waals surface area contributed by atoms with Crippen LogP contribution in [-0.4, -0.2) is 22.8 Å². The molecule has 0 heterocycles. The Morgan fingerprint density at radius 2 is 1.78 bits per heavy atom. The van der Waals surface area contributed by atoms with Gasteiger partial charge in [-0.15, -0.1) is 0 Å². The molecule has 7 heteroatoms. The number of halogens is 4. The van der Waals surface area contributed by atoms with Gasteiger partial charge in [-0.25, -0.2) is 9.18 Å². The summed E-state index contributed by atoms with van der Waals surface area (Å²) in [6.07, 6.45) is -4.93. The third kappa shape index (κ3) is 2.98. The van der Waals surface area contributed by atoms with E-state index in [-0.39, 0.29) is 6.54 Å². The van der Waals surface area contributed by atoms with Crippen molar-refractivity contribution in [1.29, 1.82) is 0 Å². The Labute approximate surface area is 100 Å². The van der Waals surface area contributed by atoms with Gasteiger partial charge >= 0.3 is 12.1 Å². The monoisotopic (exact) mass is 265 g/mol. The van der Waals surface area contributed by atoms with Gasteiger partial charge in [-0.3, -0.25) is 5.32 Å². The minimum absolute atomic E-state index is 0.331. The van der Waals surface area contributed by atoms with Crippen molar-refractivity contribution in [3.63, 3.8) is 0 Å². The summed E-state index contributed by atoms with van der Waals surface area (Å²) in [5.74, 6) is -2.53. The smallest absolute Gasteiger partial charge is 0.417 e. The van der Waals surface area contributed by atoms with Crippen LogP contribution in [0.2, 0.25) is 0 Å². The number of carbonyl (C=O) groups is 1. The highest BCUT2D eigenvalue weighted by Gasteiger charge is 2.57. The van der Waals surface area contributed by atoms with E-state index in [4.69, 9.17) is 5.11 Å². The fourth-order valence-corrected chi connectivity index (χ4v) is 1.18. The lowest BCUT2D eigenvalue weighted by Gasteiger charge is -2.28. The molecule has 3 nitrogen and oxygen atoms in total. The number of carboxylic acid groups (broad SMARTS) is 1. The van der Waals surface area contributed by atoms with Crippen LogP contribution in [0.3, 0.4) is 0 Å². The van der Waals surface area contributed by atoms with Gasteiger partial charge in [0.15, 0.2) is 0 Å². The zero-order chi connectivity index (χ0) is 14.0. The van der Waals surface area contributed by atoms with Crippen molar-refractivity contribution in [3.8, 4) is 0 Å². The Hall–Kier alpha value is -1.63.